The van der Waals surface area contributed by atoms with Crippen LogP contribution >= 0.6 is 0 Å². The van der Waals surface area contributed by atoms with Gasteiger partial charge in [0.1, 0.15) is 11.3 Å². The molecule has 1 aromatic heterocycles. The van der Waals surface area contributed by atoms with Gasteiger partial charge in [-0.2, -0.15) is 0 Å². The molecule has 150 valence electrons. The van der Waals surface area contributed by atoms with E-state index in [1.807, 2.05) is 26.0 Å². The van der Waals surface area contributed by atoms with Gasteiger partial charge in [-0.3, -0.25) is 15.1 Å². The van der Waals surface area contributed by atoms with Gasteiger partial charge in [-0.1, -0.05) is 11.6 Å². The van der Waals surface area contributed by atoms with Gasteiger partial charge < -0.3 is 14.8 Å². The number of carbonyl (C=O) groups is 1. The predicted octanol–water partition coefficient (Wildman–Crippen LogP) is 4.69. The number of fused-ring (bicyclic) bond motifs is 1. The Bertz CT molecular complexity index is 1110. The molecular formula is C21H21N3O5. The number of ether oxygens (including phenoxy) is 2. The van der Waals surface area contributed by atoms with Gasteiger partial charge in [0.25, 0.3) is 5.69 Å². The fourth-order valence-corrected chi connectivity index (χ4v) is 3.20. The van der Waals surface area contributed by atoms with Crippen molar-refractivity contribution in [3.05, 3.63) is 63.3 Å². The van der Waals surface area contributed by atoms with Gasteiger partial charge in [0.15, 0.2) is 0 Å². The number of methoxy groups -OCH3 is 1. The van der Waals surface area contributed by atoms with Crippen LogP contribution in [0.3, 0.4) is 0 Å². The first-order chi connectivity index (χ1) is 13.8. The van der Waals surface area contributed by atoms with Crippen LogP contribution in [0.15, 0.2) is 36.5 Å². The molecule has 0 spiro atoms. The first-order valence-electron chi connectivity index (χ1n) is 9.02. The Morgan fingerprint density at radius 2 is 2.00 bits per heavy atom. The van der Waals surface area contributed by atoms with Crippen LogP contribution in [0.25, 0.3) is 10.9 Å². The molecule has 0 unspecified atom stereocenters. The Balaban J connectivity index is 2.26. The number of carbonyl (C=O) groups excluding carboxylic acids is 1. The highest BCUT2D eigenvalue weighted by Crippen LogP contribution is 2.36. The lowest BCUT2D eigenvalue weighted by Crippen LogP contribution is -2.10. The molecule has 0 aliphatic carbocycles. The minimum Gasteiger partial charge on any atom is -0.495 e. The molecule has 1 N–H and O–H groups in total. The summed E-state index contributed by atoms with van der Waals surface area (Å²) < 4.78 is 10.5. The first kappa shape index (κ1) is 20.1. The number of anilines is 2. The number of hydrogen-bond acceptors (Lipinski definition) is 7. The summed E-state index contributed by atoms with van der Waals surface area (Å²) >= 11 is 0. The normalized spacial score (nSPS) is 10.6. The summed E-state index contributed by atoms with van der Waals surface area (Å²) in [6, 6.07) is 8.13. The van der Waals surface area contributed by atoms with E-state index in [1.165, 1.54) is 31.5 Å². The Morgan fingerprint density at radius 1 is 1.24 bits per heavy atom. The molecule has 0 radical (unpaired) electrons. The lowest BCUT2D eigenvalue weighted by molar-refractivity contribution is -0.384. The Morgan fingerprint density at radius 3 is 2.66 bits per heavy atom. The van der Waals surface area contributed by atoms with Crippen LogP contribution in [0.4, 0.5) is 17.1 Å². The first-order valence-corrected chi connectivity index (χ1v) is 9.02. The number of nitro groups is 1. The van der Waals surface area contributed by atoms with Crippen molar-refractivity contribution in [2.75, 3.05) is 19.0 Å². The molecule has 8 nitrogen and oxygen atoms in total. The lowest BCUT2D eigenvalue weighted by atomic mass is 10.0. The molecule has 0 fully saturated rings. The summed E-state index contributed by atoms with van der Waals surface area (Å²) in [4.78, 5) is 27.7. The van der Waals surface area contributed by atoms with E-state index < -0.39 is 10.9 Å². The van der Waals surface area contributed by atoms with Crippen LogP contribution in [0.5, 0.6) is 5.75 Å². The van der Waals surface area contributed by atoms with Crippen molar-refractivity contribution in [3.8, 4) is 5.75 Å². The van der Waals surface area contributed by atoms with Crippen molar-refractivity contribution in [2.24, 2.45) is 0 Å². The molecule has 3 rings (SSSR count). The maximum Gasteiger partial charge on any atom is 0.341 e. The number of aryl methyl sites for hydroxylation is 2. The van der Waals surface area contributed by atoms with E-state index in [0.717, 1.165) is 16.6 Å². The Kier molecular flexibility index (Phi) is 5.63. The molecule has 0 aliphatic rings. The molecule has 0 atom stereocenters. The number of esters is 1. The van der Waals surface area contributed by atoms with Crippen molar-refractivity contribution in [2.45, 2.75) is 20.8 Å². The highest BCUT2D eigenvalue weighted by Gasteiger charge is 2.20. The summed E-state index contributed by atoms with van der Waals surface area (Å²) in [7, 11) is 1.47. The molecule has 0 bridgehead atoms. The highest BCUT2D eigenvalue weighted by molar-refractivity contribution is 6.07. The number of nitrogens with one attached hydrogen (secondary N) is 1. The molecule has 0 saturated heterocycles. The third-order valence-electron chi connectivity index (χ3n) is 4.46. The van der Waals surface area contributed by atoms with E-state index >= 15 is 0 Å². The molecule has 0 aliphatic heterocycles. The van der Waals surface area contributed by atoms with Crippen LogP contribution in [0.2, 0.25) is 0 Å². The molecule has 2 aromatic carbocycles. The maximum atomic E-state index is 12.6. The average Bonchev–Trinajstić information content (AvgIpc) is 2.68. The smallest absolute Gasteiger partial charge is 0.341 e. The summed E-state index contributed by atoms with van der Waals surface area (Å²) in [5.41, 5.74) is 3.61. The topological polar surface area (TPSA) is 104 Å². The van der Waals surface area contributed by atoms with E-state index in [9.17, 15) is 14.9 Å². The van der Waals surface area contributed by atoms with Crippen LogP contribution in [-0.4, -0.2) is 29.6 Å². The molecule has 1 heterocycles. The third-order valence-corrected chi connectivity index (χ3v) is 4.46. The SMILES string of the molecule is CCOC(=O)c1cnc2c(C)cc(C)cc2c1Nc1cc([N+](=O)[O-])ccc1OC. The van der Waals surface area contributed by atoms with Gasteiger partial charge in [-0.15, -0.1) is 0 Å². The summed E-state index contributed by atoms with van der Waals surface area (Å²) in [6.45, 7) is 5.81. The molecule has 3 aromatic rings. The second-order valence-electron chi connectivity index (χ2n) is 6.51. The van der Waals surface area contributed by atoms with Gasteiger partial charge in [-0.05, 0) is 38.5 Å². The van der Waals surface area contributed by atoms with Gasteiger partial charge in [0.2, 0.25) is 0 Å². The quantitative estimate of drug-likeness (QED) is 0.367. The van der Waals surface area contributed by atoms with E-state index in [-0.39, 0.29) is 17.9 Å². The standard InChI is InChI=1S/C21H21N3O5/c1-5-29-21(25)16-11-22-19-13(3)8-12(2)9-15(19)20(16)23-17-10-14(24(26)27)6-7-18(17)28-4/h6-11H,5H2,1-4H3,(H,22,23). The number of non-ortho nitro benzene ring substituents is 1. The molecular weight excluding hydrogens is 374 g/mol. The zero-order chi connectivity index (χ0) is 21.1. The molecule has 0 saturated carbocycles. The van der Waals surface area contributed by atoms with Crippen LogP contribution in [0, 0.1) is 24.0 Å². The molecule has 29 heavy (non-hydrogen) atoms. The second kappa shape index (κ2) is 8.14. The fraction of sp³-hybridized carbons (Fsp3) is 0.238. The van der Waals surface area contributed by atoms with E-state index in [1.54, 1.807) is 6.92 Å². The van der Waals surface area contributed by atoms with Crippen molar-refractivity contribution < 1.29 is 19.2 Å². The zero-order valence-electron chi connectivity index (χ0n) is 16.6. The largest absolute Gasteiger partial charge is 0.495 e. The minimum atomic E-state index is -0.534. The lowest BCUT2D eigenvalue weighted by Gasteiger charge is -2.17. The maximum absolute atomic E-state index is 12.6. The monoisotopic (exact) mass is 395 g/mol. The Hall–Kier alpha value is -3.68. The number of nitro benzene ring substituents is 1. The van der Waals surface area contributed by atoms with E-state index in [4.69, 9.17) is 9.47 Å². The fourth-order valence-electron chi connectivity index (χ4n) is 3.20. The van der Waals surface area contributed by atoms with E-state index in [2.05, 4.69) is 10.3 Å². The van der Waals surface area contributed by atoms with Crippen molar-refractivity contribution in [1.82, 2.24) is 4.98 Å². The highest BCUT2D eigenvalue weighted by atomic mass is 16.6. The van der Waals surface area contributed by atoms with Gasteiger partial charge in [0, 0.05) is 23.7 Å². The number of nitrogens with zero attached hydrogens (tertiary/aromatic N) is 2. The van der Waals surface area contributed by atoms with Crippen molar-refractivity contribution in [3.63, 3.8) is 0 Å². The van der Waals surface area contributed by atoms with Gasteiger partial charge >= 0.3 is 5.97 Å². The van der Waals surface area contributed by atoms with Crippen LogP contribution in [-0.2, 0) is 4.74 Å². The summed E-state index contributed by atoms with van der Waals surface area (Å²) in [5, 5.41) is 15.1. The number of benzene rings is 2. The van der Waals surface area contributed by atoms with Crippen LogP contribution in [0.1, 0.15) is 28.4 Å². The number of aromatic nitrogens is 1. The third kappa shape index (κ3) is 3.96. The van der Waals surface area contributed by atoms with E-state index in [0.29, 0.717) is 22.5 Å². The summed E-state index contributed by atoms with van der Waals surface area (Å²) in [6.07, 6.45) is 1.45. The summed E-state index contributed by atoms with van der Waals surface area (Å²) in [5.74, 6) is -0.132. The molecule has 8 heteroatoms. The number of hydrogen-bond donors (Lipinski definition) is 1. The number of pyridine rings is 1. The molecule has 0 amide bonds. The predicted molar refractivity (Wildman–Crippen MR) is 110 cm³/mol. The zero-order valence-corrected chi connectivity index (χ0v) is 16.6. The van der Waals surface area contributed by atoms with Crippen molar-refractivity contribution >= 4 is 33.9 Å². The van der Waals surface area contributed by atoms with Crippen LogP contribution < -0.4 is 10.1 Å². The minimum absolute atomic E-state index is 0.100. The second-order valence-corrected chi connectivity index (χ2v) is 6.51. The van der Waals surface area contributed by atoms with Gasteiger partial charge in [0.05, 0.1) is 35.5 Å². The van der Waals surface area contributed by atoms with Gasteiger partial charge in [-0.25, -0.2) is 4.79 Å². The average molecular weight is 395 g/mol. The van der Waals surface area contributed by atoms with Crippen molar-refractivity contribution in [1.29, 1.82) is 0 Å². The Labute approximate surface area is 167 Å². The number of rotatable bonds is 6.